The lowest BCUT2D eigenvalue weighted by Crippen LogP contribution is -2.43. The van der Waals surface area contributed by atoms with Crippen LogP contribution in [0, 0.1) is 0 Å². The van der Waals surface area contributed by atoms with Crippen LogP contribution in [-0.4, -0.2) is 24.5 Å². The SMILES string of the molecule is O=C1CC[C@@H](CNC2CCC2)N1. The minimum absolute atomic E-state index is 0.218. The van der Waals surface area contributed by atoms with Gasteiger partial charge in [0.25, 0.3) is 0 Å². The first-order valence-corrected chi connectivity index (χ1v) is 4.87. The van der Waals surface area contributed by atoms with Crippen LogP contribution in [0.4, 0.5) is 0 Å². The van der Waals surface area contributed by atoms with Crippen molar-refractivity contribution in [1.29, 1.82) is 0 Å². The Balaban J connectivity index is 1.63. The molecule has 3 heteroatoms. The minimum atomic E-state index is 0.218. The molecule has 12 heavy (non-hydrogen) atoms. The van der Waals surface area contributed by atoms with Crippen molar-refractivity contribution in [3.63, 3.8) is 0 Å². The summed E-state index contributed by atoms with van der Waals surface area (Å²) in [5, 5.41) is 6.42. The van der Waals surface area contributed by atoms with Gasteiger partial charge >= 0.3 is 0 Å². The molecule has 0 aromatic carbocycles. The van der Waals surface area contributed by atoms with Gasteiger partial charge in [-0.1, -0.05) is 6.42 Å². The molecule has 1 amide bonds. The molecule has 1 saturated heterocycles. The Kier molecular flexibility index (Phi) is 2.30. The van der Waals surface area contributed by atoms with Crippen LogP contribution in [-0.2, 0) is 4.79 Å². The summed E-state index contributed by atoms with van der Waals surface area (Å²) in [6.07, 6.45) is 5.74. The summed E-state index contributed by atoms with van der Waals surface area (Å²) in [5.41, 5.74) is 0. The van der Waals surface area contributed by atoms with Gasteiger partial charge in [0, 0.05) is 25.0 Å². The zero-order valence-electron chi connectivity index (χ0n) is 7.31. The standard InChI is InChI=1S/C9H16N2O/c12-9-5-4-8(11-9)6-10-7-2-1-3-7/h7-8,10H,1-6H2,(H,11,12)/t8-/m0/s1. The van der Waals surface area contributed by atoms with Gasteiger partial charge in [-0.25, -0.2) is 0 Å². The fourth-order valence-corrected chi connectivity index (χ4v) is 1.75. The number of carbonyl (C=O) groups excluding carboxylic acids is 1. The van der Waals surface area contributed by atoms with Crippen LogP contribution in [0.3, 0.4) is 0 Å². The normalized spacial score (nSPS) is 30.0. The van der Waals surface area contributed by atoms with Crippen LogP contribution in [0.15, 0.2) is 0 Å². The third kappa shape index (κ3) is 1.78. The fraction of sp³-hybridized carbons (Fsp3) is 0.889. The van der Waals surface area contributed by atoms with Crippen molar-refractivity contribution in [2.45, 2.75) is 44.2 Å². The van der Waals surface area contributed by atoms with Crippen LogP contribution >= 0.6 is 0 Å². The molecule has 1 saturated carbocycles. The molecular weight excluding hydrogens is 152 g/mol. The molecule has 1 atom stereocenters. The number of amides is 1. The van der Waals surface area contributed by atoms with Crippen LogP contribution in [0.2, 0.25) is 0 Å². The average molecular weight is 168 g/mol. The lowest BCUT2D eigenvalue weighted by molar-refractivity contribution is -0.119. The molecule has 2 rings (SSSR count). The largest absolute Gasteiger partial charge is 0.352 e. The summed E-state index contributed by atoms with van der Waals surface area (Å²) in [4.78, 5) is 10.8. The van der Waals surface area contributed by atoms with E-state index in [-0.39, 0.29) is 5.91 Å². The van der Waals surface area contributed by atoms with Gasteiger partial charge in [0.15, 0.2) is 0 Å². The highest BCUT2D eigenvalue weighted by atomic mass is 16.1. The summed E-state index contributed by atoms with van der Waals surface area (Å²) in [6, 6.07) is 1.14. The zero-order chi connectivity index (χ0) is 8.39. The first-order chi connectivity index (χ1) is 5.84. The van der Waals surface area contributed by atoms with Gasteiger partial charge in [0.2, 0.25) is 5.91 Å². The Hall–Kier alpha value is -0.570. The van der Waals surface area contributed by atoms with E-state index in [1.807, 2.05) is 0 Å². The molecule has 0 aromatic heterocycles. The number of rotatable bonds is 3. The van der Waals surface area contributed by atoms with Gasteiger partial charge in [-0.15, -0.1) is 0 Å². The zero-order valence-corrected chi connectivity index (χ0v) is 7.31. The quantitative estimate of drug-likeness (QED) is 0.640. The van der Waals surface area contributed by atoms with Gasteiger partial charge in [0.05, 0.1) is 0 Å². The maximum absolute atomic E-state index is 10.8. The van der Waals surface area contributed by atoms with Crippen molar-refractivity contribution in [3.8, 4) is 0 Å². The van der Waals surface area contributed by atoms with Crippen LogP contribution in [0.1, 0.15) is 32.1 Å². The Bertz CT molecular complexity index is 177. The highest BCUT2D eigenvalue weighted by molar-refractivity contribution is 5.78. The van der Waals surface area contributed by atoms with Crippen molar-refractivity contribution in [2.75, 3.05) is 6.54 Å². The highest BCUT2D eigenvalue weighted by Crippen LogP contribution is 2.18. The van der Waals surface area contributed by atoms with E-state index < -0.39 is 0 Å². The lowest BCUT2D eigenvalue weighted by atomic mass is 9.93. The van der Waals surface area contributed by atoms with E-state index in [4.69, 9.17) is 0 Å². The first kappa shape index (κ1) is 8.05. The van der Waals surface area contributed by atoms with Crippen molar-refractivity contribution in [1.82, 2.24) is 10.6 Å². The third-order valence-corrected chi connectivity index (χ3v) is 2.84. The molecule has 1 aliphatic carbocycles. The van der Waals surface area contributed by atoms with Crippen molar-refractivity contribution in [2.24, 2.45) is 0 Å². The molecular formula is C9H16N2O. The van der Waals surface area contributed by atoms with E-state index in [2.05, 4.69) is 10.6 Å². The number of nitrogens with one attached hydrogen (secondary N) is 2. The van der Waals surface area contributed by atoms with E-state index in [0.29, 0.717) is 6.04 Å². The molecule has 68 valence electrons. The van der Waals surface area contributed by atoms with Crippen molar-refractivity contribution < 1.29 is 4.79 Å². The summed E-state index contributed by atoms with van der Waals surface area (Å²) < 4.78 is 0. The number of carbonyl (C=O) groups is 1. The summed E-state index contributed by atoms with van der Waals surface area (Å²) in [6.45, 7) is 0.969. The van der Waals surface area contributed by atoms with Crippen molar-refractivity contribution >= 4 is 5.91 Å². The second-order valence-electron chi connectivity index (χ2n) is 3.84. The molecule has 0 unspecified atom stereocenters. The lowest BCUT2D eigenvalue weighted by Gasteiger charge is -2.27. The van der Waals surface area contributed by atoms with Crippen LogP contribution in [0.25, 0.3) is 0 Å². The van der Waals surface area contributed by atoms with Gasteiger partial charge in [0.1, 0.15) is 0 Å². The van der Waals surface area contributed by atoms with Gasteiger partial charge in [-0.2, -0.15) is 0 Å². The summed E-state index contributed by atoms with van der Waals surface area (Å²) >= 11 is 0. The second-order valence-corrected chi connectivity index (χ2v) is 3.84. The monoisotopic (exact) mass is 168 g/mol. The molecule has 1 heterocycles. The average Bonchev–Trinajstić information content (AvgIpc) is 2.32. The smallest absolute Gasteiger partial charge is 0.220 e. The minimum Gasteiger partial charge on any atom is -0.352 e. The van der Waals surface area contributed by atoms with E-state index >= 15 is 0 Å². The molecule has 0 radical (unpaired) electrons. The Morgan fingerprint density at radius 3 is 2.75 bits per heavy atom. The topological polar surface area (TPSA) is 41.1 Å². The highest BCUT2D eigenvalue weighted by Gasteiger charge is 2.23. The summed E-state index contributed by atoms with van der Waals surface area (Å²) in [5.74, 6) is 0.218. The third-order valence-electron chi connectivity index (χ3n) is 2.84. The molecule has 1 aliphatic heterocycles. The molecule has 2 aliphatic rings. The maximum atomic E-state index is 10.8. The van der Waals surface area contributed by atoms with Gasteiger partial charge in [-0.05, 0) is 19.3 Å². The molecule has 0 aromatic rings. The Labute approximate surface area is 72.9 Å². The first-order valence-electron chi connectivity index (χ1n) is 4.87. The number of hydrogen-bond acceptors (Lipinski definition) is 2. The molecule has 2 fully saturated rings. The predicted octanol–water partition coefficient (Wildman–Crippen LogP) is 0.407. The van der Waals surface area contributed by atoms with Gasteiger partial charge in [-0.3, -0.25) is 4.79 Å². The molecule has 3 nitrogen and oxygen atoms in total. The number of hydrogen-bond donors (Lipinski definition) is 2. The molecule has 0 bridgehead atoms. The van der Waals surface area contributed by atoms with E-state index in [1.165, 1.54) is 19.3 Å². The molecule has 2 N–H and O–H groups in total. The predicted molar refractivity (Wildman–Crippen MR) is 46.8 cm³/mol. The second kappa shape index (κ2) is 3.44. The van der Waals surface area contributed by atoms with E-state index in [1.54, 1.807) is 0 Å². The van der Waals surface area contributed by atoms with Crippen LogP contribution in [0.5, 0.6) is 0 Å². The van der Waals surface area contributed by atoms with Gasteiger partial charge < -0.3 is 10.6 Å². The van der Waals surface area contributed by atoms with E-state index in [0.717, 1.165) is 25.4 Å². The Morgan fingerprint density at radius 1 is 1.42 bits per heavy atom. The van der Waals surface area contributed by atoms with Crippen molar-refractivity contribution in [3.05, 3.63) is 0 Å². The maximum Gasteiger partial charge on any atom is 0.220 e. The fourth-order valence-electron chi connectivity index (χ4n) is 1.75. The Morgan fingerprint density at radius 2 is 2.25 bits per heavy atom. The van der Waals surface area contributed by atoms with Crippen LogP contribution < -0.4 is 10.6 Å². The summed E-state index contributed by atoms with van der Waals surface area (Å²) in [7, 11) is 0. The van der Waals surface area contributed by atoms with E-state index in [9.17, 15) is 4.79 Å². The molecule has 0 spiro atoms.